The SMILES string of the molecule is OC(Cc1ccc(Br)cc1)Cc1c(F)cccc1F. The highest BCUT2D eigenvalue weighted by Crippen LogP contribution is 2.17. The summed E-state index contributed by atoms with van der Waals surface area (Å²) >= 11 is 3.32. The zero-order chi connectivity index (χ0) is 13.8. The van der Waals surface area contributed by atoms with Crippen LogP contribution in [0.15, 0.2) is 46.9 Å². The Morgan fingerprint density at radius 1 is 0.947 bits per heavy atom. The minimum absolute atomic E-state index is 0.0332. The summed E-state index contributed by atoms with van der Waals surface area (Å²) in [6.07, 6.45) is -0.483. The van der Waals surface area contributed by atoms with E-state index in [1.165, 1.54) is 18.2 Å². The Hall–Kier alpha value is -1.26. The second-order valence-electron chi connectivity index (χ2n) is 4.39. The van der Waals surface area contributed by atoms with Crippen LogP contribution in [0.2, 0.25) is 0 Å². The zero-order valence-electron chi connectivity index (χ0n) is 10.1. The van der Waals surface area contributed by atoms with Crippen molar-refractivity contribution in [1.82, 2.24) is 0 Å². The second kappa shape index (κ2) is 6.26. The molecule has 0 bridgehead atoms. The summed E-state index contributed by atoms with van der Waals surface area (Å²) < 4.78 is 27.8. The van der Waals surface area contributed by atoms with Gasteiger partial charge in [-0.3, -0.25) is 0 Å². The maximum atomic E-state index is 13.4. The van der Waals surface area contributed by atoms with Gasteiger partial charge < -0.3 is 5.11 Å². The third-order valence-electron chi connectivity index (χ3n) is 2.89. The lowest BCUT2D eigenvalue weighted by Crippen LogP contribution is -2.16. The quantitative estimate of drug-likeness (QED) is 0.904. The normalized spacial score (nSPS) is 12.4. The lowest BCUT2D eigenvalue weighted by molar-refractivity contribution is 0.172. The van der Waals surface area contributed by atoms with Crippen molar-refractivity contribution in [2.75, 3.05) is 0 Å². The van der Waals surface area contributed by atoms with Crippen LogP contribution < -0.4 is 0 Å². The van der Waals surface area contributed by atoms with Gasteiger partial charge in [-0.2, -0.15) is 0 Å². The Morgan fingerprint density at radius 2 is 1.53 bits per heavy atom. The fourth-order valence-corrected chi connectivity index (χ4v) is 2.19. The van der Waals surface area contributed by atoms with E-state index in [1.807, 2.05) is 24.3 Å². The van der Waals surface area contributed by atoms with E-state index < -0.39 is 17.7 Å². The first-order valence-corrected chi connectivity index (χ1v) is 6.71. The van der Waals surface area contributed by atoms with E-state index in [9.17, 15) is 13.9 Å². The average Bonchev–Trinajstić information content (AvgIpc) is 2.37. The van der Waals surface area contributed by atoms with E-state index in [4.69, 9.17) is 0 Å². The standard InChI is InChI=1S/C15H13BrF2O/c16-11-6-4-10(5-7-11)8-12(19)9-13-14(17)2-1-3-15(13)18/h1-7,12,19H,8-9H2. The van der Waals surface area contributed by atoms with Crippen LogP contribution in [0.1, 0.15) is 11.1 Å². The molecule has 19 heavy (non-hydrogen) atoms. The van der Waals surface area contributed by atoms with Crippen LogP contribution in [-0.2, 0) is 12.8 Å². The first-order chi connectivity index (χ1) is 9.06. The number of hydrogen-bond acceptors (Lipinski definition) is 1. The van der Waals surface area contributed by atoms with Gasteiger partial charge in [0.25, 0.3) is 0 Å². The van der Waals surface area contributed by atoms with Crippen molar-refractivity contribution in [2.45, 2.75) is 18.9 Å². The molecule has 0 spiro atoms. The van der Waals surface area contributed by atoms with Gasteiger partial charge in [-0.25, -0.2) is 8.78 Å². The maximum absolute atomic E-state index is 13.4. The molecule has 1 nitrogen and oxygen atoms in total. The maximum Gasteiger partial charge on any atom is 0.129 e. The van der Waals surface area contributed by atoms with Gasteiger partial charge >= 0.3 is 0 Å². The monoisotopic (exact) mass is 326 g/mol. The molecule has 0 saturated heterocycles. The van der Waals surface area contributed by atoms with Gasteiger partial charge in [0.1, 0.15) is 11.6 Å². The molecule has 4 heteroatoms. The van der Waals surface area contributed by atoms with E-state index in [0.717, 1.165) is 10.0 Å². The van der Waals surface area contributed by atoms with Crippen LogP contribution in [0.5, 0.6) is 0 Å². The number of halogens is 3. The minimum atomic E-state index is -0.812. The molecule has 0 aliphatic heterocycles. The minimum Gasteiger partial charge on any atom is -0.392 e. The fraction of sp³-hybridized carbons (Fsp3) is 0.200. The van der Waals surface area contributed by atoms with Gasteiger partial charge in [0.05, 0.1) is 6.10 Å². The number of aliphatic hydroxyl groups is 1. The van der Waals surface area contributed by atoms with Crippen molar-refractivity contribution in [3.8, 4) is 0 Å². The fourth-order valence-electron chi connectivity index (χ4n) is 1.93. The molecule has 1 atom stereocenters. The molecule has 1 unspecified atom stereocenters. The Labute approximate surface area is 119 Å². The van der Waals surface area contributed by atoms with Gasteiger partial charge in [0.2, 0.25) is 0 Å². The molecule has 0 saturated carbocycles. The predicted molar refractivity (Wildman–Crippen MR) is 73.9 cm³/mol. The Bertz CT molecular complexity index is 534. The molecule has 2 aromatic rings. The van der Waals surface area contributed by atoms with E-state index in [1.54, 1.807) is 0 Å². The van der Waals surface area contributed by atoms with Gasteiger partial charge in [0, 0.05) is 16.5 Å². The first-order valence-electron chi connectivity index (χ1n) is 5.91. The van der Waals surface area contributed by atoms with Crippen LogP contribution in [0.25, 0.3) is 0 Å². The highest BCUT2D eigenvalue weighted by molar-refractivity contribution is 9.10. The van der Waals surface area contributed by atoms with Gasteiger partial charge in [-0.15, -0.1) is 0 Å². The summed E-state index contributed by atoms with van der Waals surface area (Å²) in [7, 11) is 0. The second-order valence-corrected chi connectivity index (χ2v) is 5.30. The van der Waals surface area contributed by atoms with Crippen molar-refractivity contribution in [1.29, 1.82) is 0 Å². The van der Waals surface area contributed by atoms with Crippen LogP contribution in [-0.4, -0.2) is 11.2 Å². The molecule has 0 radical (unpaired) electrons. The summed E-state index contributed by atoms with van der Waals surface area (Å²) in [4.78, 5) is 0. The zero-order valence-corrected chi connectivity index (χ0v) is 11.7. The van der Waals surface area contributed by atoms with E-state index in [0.29, 0.717) is 6.42 Å². The number of hydrogen-bond donors (Lipinski definition) is 1. The third kappa shape index (κ3) is 3.85. The van der Waals surface area contributed by atoms with Crippen LogP contribution >= 0.6 is 15.9 Å². The highest BCUT2D eigenvalue weighted by Gasteiger charge is 2.14. The molecule has 0 amide bonds. The Balaban J connectivity index is 2.05. The van der Waals surface area contributed by atoms with Crippen molar-refractivity contribution < 1.29 is 13.9 Å². The third-order valence-corrected chi connectivity index (χ3v) is 3.41. The van der Waals surface area contributed by atoms with Gasteiger partial charge in [0.15, 0.2) is 0 Å². The van der Waals surface area contributed by atoms with E-state index >= 15 is 0 Å². The Morgan fingerprint density at radius 3 is 2.11 bits per heavy atom. The van der Waals surface area contributed by atoms with Gasteiger partial charge in [-0.1, -0.05) is 34.1 Å². The highest BCUT2D eigenvalue weighted by atomic mass is 79.9. The summed E-state index contributed by atoms with van der Waals surface area (Å²) in [5.41, 5.74) is 0.861. The topological polar surface area (TPSA) is 20.2 Å². The first kappa shape index (κ1) is 14.2. The number of benzene rings is 2. The van der Waals surface area contributed by atoms with Crippen LogP contribution in [0.4, 0.5) is 8.78 Å². The molecule has 1 N–H and O–H groups in total. The Kier molecular flexibility index (Phi) is 4.66. The molecular weight excluding hydrogens is 314 g/mol. The number of aliphatic hydroxyl groups excluding tert-OH is 1. The summed E-state index contributed by atoms with van der Waals surface area (Å²) in [6.45, 7) is 0. The molecule has 0 fully saturated rings. The molecule has 0 heterocycles. The molecule has 100 valence electrons. The van der Waals surface area contributed by atoms with Crippen molar-refractivity contribution in [3.05, 3.63) is 69.7 Å². The summed E-state index contributed by atoms with van der Waals surface area (Å²) in [6, 6.07) is 11.2. The van der Waals surface area contributed by atoms with E-state index in [-0.39, 0.29) is 12.0 Å². The molecule has 2 aromatic carbocycles. The lowest BCUT2D eigenvalue weighted by Gasteiger charge is -2.12. The smallest absolute Gasteiger partial charge is 0.129 e. The van der Waals surface area contributed by atoms with Crippen LogP contribution in [0, 0.1) is 11.6 Å². The van der Waals surface area contributed by atoms with Crippen molar-refractivity contribution >= 4 is 15.9 Å². The average molecular weight is 327 g/mol. The van der Waals surface area contributed by atoms with Crippen molar-refractivity contribution in [3.63, 3.8) is 0 Å². The molecule has 0 aliphatic carbocycles. The number of rotatable bonds is 4. The van der Waals surface area contributed by atoms with E-state index in [2.05, 4.69) is 15.9 Å². The molecule has 0 aromatic heterocycles. The van der Waals surface area contributed by atoms with Crippen molar-refractivity contribution in [2.24, 2.45) is 0 Å². The summed E-state index contributed by atoms with van der Waals surface area (Å²) in [5.74, 6) is -1.23. The van der Waals surface area contributed by atoms with Crippen LogP contribution in [0.3, 0.4) is 0 Å². The molecule has 0 aliphatic rings. The lowest BCUT2D eigenvalue weighted by atomic mass is 10.0. The van der Waals surface area contributed by atoms with Gasteiger partial charge in [-0.05, 0) is 36.2 Å². The molecular formula is C15H13BrF2O. The largest absolute Gasteiger partial charge is 0.392 e. The summed E-state index contributed by atoms with van der Waals surface area (Å²) in [5, 5.41) is 9.93. The molecule has 2 rings (SSSR count). The predicted octanol–water partition coefficient (Wildman–Crippen LogP) is 3.87.